The monoisotopic (exact) mass is 406 g/mol. The molecule has 8 heteroatoms. The first-order valence-electron chi connectivity index (χ1n) is 6.96. The average Bonchev–Trinajstić information content (AvgIpc) is 2.99. The number of imidazole rings is 1. The number of hydrogen-bond acceptors (Lipinski definition) is 4. The third-order valence-corrected chi connectivity index (χ3v) is 4.43. The smallest absolute Gasteiger partial charge is 0.250 e. The molecule has 1 amide bonds. The number of hydrogen-bond donors (Lipinski definition) is 2. The Morgan fingerprint density at radius 3 is 3.04 bits per heavy atom. The minimum absolute atomic E-state index is 0.151. The van der Waals surface area contributed by atoms with Gasteiger partial charge in [-0.15, -0.1) is 0 Å². The molecule has 3 rings (SSSR count). The number of carbonyl (C=O) groups excluding carboxylic acids is 1. The maximum absolute atomic E-state index is 13.5. The van der Waals surface area contributed by atoms with E-state index in [2.05, 4.69) is 36.4 Å². The highest BCUT2D eigenvalue weighted by molar-refractivity contribution is 9.10. The average molecular weight is 407 g/mol. The van der Waals surface area contributed by atoms with Gasteiger partial charge in [0.05, 0.1) is 23.0 Å². The molecule has 2 N–H and O–H groups in total. The highest BCUT2D eigenvalue weighted by Gasteiger charge is 2.06. The Kier molecular flexibility index (Phi) is 5.27. The lowest BCUT2D eigenvalue weighted by Gasteiger charge is -1.99. The second-order valence-corrected chi connectivity index (χ2v) is 6.69. The largest absolute Gasteiger partial charge is 0.333 e. The van der Waals surface area contributed by atoms with Gasteiger partial charge in [-0.1, -0.05) is 39.8 Å². The zero-order valence-electron chi connectivity index (χ0n) is 12.3. The van der Waals surface area contributed by atoms with Crippen molar-refractivity contribution in [3.05, 3.63) is 58.3 Å². The zero-order chi connectivity index (χ0) is 16.9. The lowest BCUT2D eigenvalue weighted by Crippen LogP contribution is -2.19. The van der Waals surface area contributed by atoms with E-state index >= 15 is 0 Å². The highest BCUT2D eigenvalue weighted by atomic mass is 79.9. The lowest BCUT2D eigenvalue weighted by molar-refractivity contribution is -0.118. The standard InChI is InChI=1S/C16H12BrFN4OS/c17-11-5-6-12(18)10(7-11)8-19-22-15(23)9-24-16-20-13-3-1-2-4-14(13)21-16/h1-8H,9H2,(H,20,21)(H,22,23)/b19-8-. The number of aromatic nitrogens is 2. The molecule has 0 unspecified atom stereocenters. The second-order valence-electron chi connectivity index (χ2n) is 4.81. The summed E-state index contributed by atoms with van der Waals surface area (Å²) in [4.78, 5) is 19.3. The van der Waals surface area contributed by atoms with Crippen LogP contribution >= 0.6 is 27.7 Å². The van der Waals surface area contributed by atoms with Crippen molar-refractivity contribution in [1.29, 1.82) is 0 Å². The van der Waals surface area contributed by atoms with E-state index in [4.69, 9.17) is 0 Å². The molecule has 5 nitrogen and oxygen atoms in total. The van der Waals surface area contributed by atoms with Crippen molar-refractivity contribution in [3.8, 4) is 0 Å². The molecule has 1 aromatic heterocycles. The molecule has 0 saturated heterocycles. The Labute approximate surface area is 149 Å². The minimum atomic E-state index is -0.409. The van der Waals surface area contributed by atoms with Crippen molar-refractivity contribution >= 4 is 50.8 Å². The van der Waals surface area contributed by atoms with Crippen molar-refractivity contribution < 1.29 is 9.18 Å². The number of thioether (sulfide) groups is 1. The molecule has 0 bridgehead atoms. The van der Waals surface area contributed by atoms with E-state index in [0.717, 1.165) is 15.5 Å². The SMILES string of the molecule is O=C(CSc1nc2ccccc2[nH]1)N/N=C\c1cc(Br)ccc1F. The molecular formula is C16H12BrFN4OS. The number of rotatable bonds is 5. The Morgan fingerprint density at radius 2 is 2.21 bits per heavy atom. The van der Waals surface area contributed by atoms with Crippen molar-refractivity contribution in [1.82, 2.24) is 15.4 Å². The van der Waals surface area contributed by atoms with Crippen LogP contribution in [0.3, 0.4) is 0 Å². The van der Waals surface area contributed by atoms with E-state index in [1.807, 2.05) is 24.3 Å². The second kappa shape index (κ2) is 7.59. The molecule has 1 heterocycles. The molecular weight excluding hydrogens is 395 g/mol. The maximum Gasteiger partial charge on any atom is 0.250 e. The number of fused-ring (bicyclic) bond motifs is 1. The third-order valence-electron chi connectivity index (χ3n) is 3.06. The van der Waals surface area contributed by atoms with Gasteiger partial charge in [0.25, 0.3) is 5.91 Å². The Bertz CT molecular complexity index is 879. The van der Waals surface area contributed by atoms with E-state index in [1.165, 1.54) is 24.0 Å². The molecule has 0 aliphatic heterocycles. The first-order chi connectivity index (χ1) is 11.6. The number of aromatic amines is 1. The predicted octanol–water partition coefficient (Wildman–Crippen LogP) is 3.71. The maximum atomic E-state index is 13.5. The van der Waals surface area contributed by atoms with E-state index < -0.39 is 5.82 Å². The topological polar surface area (TPSA) is 70.1 Å². The van der Waals surface area contributed by atoms with E-state index in [-0.39, 0.29) is 17.2 Å². The summed E-state index contributed by atoms with van der Waals surface area (Å²) in [5.74, 6) is -0.557. The molecule has 24 heavy (non-hydrogen) atoms. The number of benzene rings is 2. The summed E-state index contributed by atoms with van der Waals surface area (Å²) in [5.41, 5.74) is 4.43. The van der Waals surface area contributed by atoms with Crippen LogP contribution in [0.1, 0.15) is 5.56 Å². The quantitative estimate of drug-likeness (QED) is 0.385. The van der Waals surface area contributed by atoms with Crippen LogP contribution in [0, 0.1) is 5.82 Å². The fourth-order valence-corrected chi connectivity index (χ4v) is 3.01. The molecule has 0 saturated carbocycles. The normalized spacial score (nSPS) is 11.2. The summed E-state index contributed by atoms with van der Waals surface area (Å²) >= 11 is 4.52. The fraction of sp³-hybridized carbons (Fsp3) is 0.0625. The summed E-state index contributed by atoms with van der Waals surface area (Å²) in [6, 6.07) is 12.1. The molecule has 2 aromatic carbocycles. The Balaban J connectivity index is 1.54. The number of carbonyl (C=O) groups is 1. The fourth-order valence-electron chi connectivity index (χ4n) is 1.95. The van der Waals surface area contributed by atoms with Gasteiger partial charge in [-0.25, -0.2) is 14.8 Å². The summed E-state index contributed by atoms with van der Waals surface area (Å²) in [6.45, 7) is 0. The first kappa shape index (κ1) is 16.7. The Hall–Kier alpha value is -2.19. The summed E-state index contributed by atoms with van der Waals surface area (Å²) < 4.78 is 14.3. The summed E-state index contributed by atoms with van der Waals surface area (Å²) in [5, 5.41) is 4.43. The van der Waals surface area contributed by atoms with Crippen molar-refractivity contribution in [2.45, 2.75) is 5.16 Å². The van der Waals surface area contributed by atoms with Crippen LogP contribution in [0.4, 0.5) is 4.39 Å². The number of H-pyrrole nitrogens is 1. The van der Waals surface area contributed by atoms with Gasteiger partial charge < -0.3 is 4.98 Å². The number of nitrogens with zero attached hydrogens (tertiary/aromatic N) is 2. The molecule has 0 aliphatic rings. The van der Waals surface area contributed by atoms with Crippen LogP contribution < -0.4 is 5.43 Å². The number of nitrogens with one attached hydrogen (secondary N) is 2. The number of para-hydroxylation sites is 2. The van der Waals surface area contributed by atoms with Gasteiger partial charge in [-0.05, 0) is 30.3 Å². The first-order valence-corrected chi connectivity index (χ1v) is 8.74. The van der Waals surface area contributed by atoms with Gasteiger partial charge >= 0.3 is 0 Å². The molecule has 0 radical (unpaired) electrons. The van der Waals surface area contributed by atoms with Crippen LogP contribution in [0.15, 0.2) is 57.2 Å². The van der Waals surface area contributed by atoms with Crippen LogP contribution in [-0.4, -0.2) is 27.8 Å². The van der Waals surface area contributed by atoms with Crippen LogP contribution in [0.25, 0.3) is 11.0 Å². The number of hydrazone groups is 1. The molecule has 122 valence electrons. The van der Waals surface area contributed by atoms with Gasteiger partial charge in [-0.2, -0.15) is 5.10 Å². The van der Waals surface area contributed by atoms with E-state index in [9.17, 15) is 9.18 Å². The molecule has 3 aromatic rings. The number of halogens is 2. The Morgan fingerprint density at radius 1 is 1.38 bits per heavy atom. The van der Waals surface area contributed by atoms with Gasteiger partial charge in [0.2, 0.25) is 0 Å². The third kappa shape index (κ3) is 4.21. The number of amides is 1. The summed E-state index contributed by atoms with van der Waals surface area (Å²) in [6.07, 6.45) is 1.27. The van der Waals surface area contributed by atoms with Crippen LogP contribution in [0.2, 0.25) is 0 Å². The van der Waals surface area contributed by atoms with Gasteiger partial charge in [0, 0.05) is 10.0 Å². The molecule has 0 atom stereocenters. The van der Waals surface area contributed by atoms with Gasteiger partial charge in [-0.3, -0.25) is 4.79 Å². The van der Waals surface area contributed by atoms with Gasteiger partial charge in [0.15, 0.2) is 5.16 Å². The lowest BCUT2D eigenvalue weighted by atomic mass is 10.2. The predicted molar refractivity (Wildman–Crippen MR) is 96.7 cm³/mol. The van der Waals surface area contributed by atoms with Crippen molar-refractivity contribution in [3.63, 3.8) is 0 Å². The van der Waals surface area contributed by atoms with E-state index in [0.29, 0.717) is 5.16 Å². The summed E-state index contributed by atoms with van der Waals surface area (Å²) in [7, 11) is 0. The van der Waals surface area contributed by atoms with E-state index in [1.54, 1.807) is 12.1 Å². The molecule has 0 fully saturated rings. The van der Waals surface area contributed by atoms with Crippen LogP contribution in [-0.2, 0) is 4.79 Å². The van der Waals surface area contributed by atoms with Crippen molar-refractivity contribution in [2.75, 3.05) is 5.75 Å². The van der Waals surface area contributed by atoms with Crippen LogP contribution in [0.5, 0.6) is 0 Å². The minimum Gasteiger partial charge on any atom is -0.333 e. The molecule has 0 aliphatic carbocycles. The highest BCUT2D eigenvalue weighted by Crippen LogP contribution is 2.18. The zero-order valence-corrected chi connectivity index (χ0v) is 14.7. The van der Waals surface area contributed by atoms with Gasteiger partial charge in [0.1, 0.15) is 5.82 Å². The van der Waals surface area contributed by atoms with Crippen molar-refractivity contribution in [2.24, 2.45) is 5.10 Å². The molecule has 0 spiro atoms.